The van der Waals surface area contributed by atoms with Gasteiger partial charge in [0.05, 0.1) is 27.9 Å². The standard InChI is InChI=1S/C10H3Cl3F3NO2S/c1-19-9(18)2-5-6(20-8(2)13)3(10(14,15)16)4(11)7(12)17-5/h1H3. The minimum absolute atomic E-state index is 0.178. The maximum atomic E-state index is 13.1. The van der Waals surface area contributed by atoms with Gasteiger partial charge in [0.15, 0.2) is 0 Å². The average molecular weight is 365 g/mol. The molecule has 108 valence electrons. The fourth-order valence-electron chi connectivity index (χ4n) is 1.55. The predicted molar refractivity (Wildman–Crippen MR) is 71.0 cm³/mol. The number of methoxy groups -OCH3 is 1. The molecule has 0 aliphatic heterocycles. The van der Waals surface area contributed by atoms with E-state index < -0.39 is 27.9 Å². The molecule has 0 aliphatic carbocycles. The highest BCUT2D eigenvalue weighted by atomic mass is 35.5. The van der Waals surface area contributed by atoms with Crippen LogP contribution in [0, 0.1) is 0 Å². The van der Waals surface area contributed by atoms with E-state index in [1.165, 1.54) is 0 Å². The lowest BCUT2D eigenvalue weighted by molar-refractivity contribution is -0.136. The second kappa shape index (κ2) is 5.22. The molecule has 2 heterocycles. The van der Waals surface area contributed by atoms with Gasteiger partial charge >= 0.3 is 12.1 Å². The fourth-order valence-corrected chi connectivity index (χ4v) is 3.46. The fraction of sp³-hybridized carbons (Fsp3) is 0.200. The van der Waals surface area contributed by atoms with Gasteiger partial charge in [0.25, 0.3) is 0 Å². The van der Waals surface area contributed by atoms with E-state index in [2.05, 4.69) is 9.72 Å². The number of esters is 1. The average Bonchev–Trinajstić information content (AvgIpc) is 2.63. The Bertz CT molecular complexity index is 714. The van der Waals surface area contributed by atoms with Gasteiger partial charge in [-0.2, -0.15) is 13.2 Å². The molecule has 2 aromatic rings. The van der Waals surface area contributed by atoms with E-state index in [1.54, 1.807) is 0 Å². The zero-order chi connectivity index (χ0) is 15.2. The third-order valence-electron chi connectivity index (χ3n) is 2.35. The SMILES string of the molecule is COC(=O)c1c(Cl)sc2c(C(F)(F)F)c(Cl)c(Cl)nc12. The van der Waals surface area contributed by atoms with Gasteiger partial charge in [0.2, 0.25) is 0 Å². The quantitative estimate of drug-likeness (QED) is 0.524. The van der Waals surface area contributed by atoms with Gasteiger partial charge in [-0.3, -0.25) is 0 Å². The van der Waals surface area contributed by atoms with Gasteiger partial charge in [0.1, 0.15) is 15.1 Å². The first-order chi connectivity index (χ1) is 9.18. The van der Waals surface area contributed by atoms with Crippen molar-refractivity contribution >= 4 is 62.3 Å². The highest BCUT2D eigenvalue weighted by Gasteiger charge is 2.39. The van der Waals surface area contributed by atoms with Crippen LogP contribution in [0.25, 0.3) is 10.2 Å². The summed E-state index contributed by atoms with van der Waals surface area (Å²) >= 11 is 17.5. The Balaban J connectivity index is 2.95. The van der Waals surface area contributed by atoms with Gasteiger partial charge in [-0.05, 0) is 0 Å². The number of aromatic nitrogens is 1. The first kappa shape index (κ1) is 15.6. The summed E-state index contributed by atoms with van der Waals surface area (Å²) in [6, 6.07) is 0. The van der Waals surface area contributed by atoms with Crippen LogP contribution in [0.3, 0.4) is 0 Å². The molecule has 20 heavy (non-hydrogen) atoms. The molecule has 0 saturated carbocycles. The second-order valence-corrected chi connectivity index (χ2v) is 5.87. The van der Waals surface area contributed by atoms with Crippen LogP contribution >= 0.6 is 46.1 Å². The number of thiophene rings is 1. The molecule has 3 nitrogen and oxygen atoms in total. The molecular weight excluding hydrogens is 362 g/mol. The van der Waals surface area contributed by atoms with Crippen LogP contribution in [-0.4, -0.2) is 18.1 Å². The van der Waals surface area contributed by atoms with Crippen LogP contribution in [0.4, 0.5) is 13.2 Å². The lowest BCUT2D eigenvalue weighted by atomic mass is 10.2. The summed E-state index contributed by atoms with van der Waals surface area (Å²) < 4.78 is 43.1. The lowest BCUT2D eigenvalue weighted by Gasteiger charge is -2.10. The molecule has 2 rings (SSSR count). The van der Waals surface area contributed by atoms with Gasteiger partial charge in [-0.25, -0.2) is 9.78 Å². The zero-order valence-electron chi connectivity index (χ0n) is 9.44. The molecule has 10 heteroatoms. The minimum Gasteiger partial charge on any atom is -0.465 e. The topological polar surface area (TPSA) is 39.2 Å². The summed E-state index contributed by atoms with van der Waals surface area (Å²) in [5.41, 5.74) is -1.72. The van der Waals surface area contributed by atoms with E-state index in [9.17, 15) is 18.0 Å². The van der Waals surface area contributed by atoms with Crippen molar-refractivity contribution < 1.29 is 22.7 Å². The second-order valence-electron chi connectivity index (χ2n) is 3.51. The van der Waals surface area contributed by atoms with Gasteiger partial charge < -0.3 is 4.74 Å². The predicted octanol–water partition coefficient (Wildman–Crippen LogP) is 5.06. The molecule has 0 aromatic carbocycles. The Hall–Kier alpha value is -0.760. The third-order valence-corrected chi connectivity index (χ3v) is 4.49. The van der Waals surface area contributed by atoms with Crippen molar-refractivity contribution in [3.05, 3.63) is 25.6 Å². The number of halogens is 6. The largest absolute Gasteiger partial charge is 0.465 e. The molecule has 0 radical (unpaired) electrons. The summed E-state index contributed by atoms with van der Waals surface area (Å²) in [6.07, 6.45) is -4.76. The number of rotatable bonds is 1. The molecule has 0 bridgehead atoms. The molecular formula is C10H3Cl3F3NO2S. The van der Waals surface area contributed by atoms with Crippen LogP contribution < -0.4 is 0 Å². The molecule has 0 atom stereocenters. The summed E-state index contributed by atoms with van der Waals surface area (Å²) in [4.78, 5) is 15.3. The Morgan fingerprint density at radius 2 is 1.90 bits per heavy atom. The zero-order valence-corrected chi connectivity index (χ0v) is 12.5. The smallest absolute Gasteiger partial charge is 0.419 e. The monoisotopic (exact) mass is 363 g/mol. The van der Waals surface area contributed by atoms with E-state index in [1.807, 2.05) is 0 Å². The van der Waals surface area contributed by atoms with E-state index in [-0.39, 0.29) is 20.1 Å². The van der Waals surface area contributed by atoms with Crippen LogP contribution in [-0.2, 0) is 10.9 Å². The molecule has 0 fully saturated rings. The molecule has 0 amide bonds. The van der Waals surface area contributed by atoms with Crippen molar-refractivity contribution in [2.24, 2.45) is 0 Å². The normalized spacial score (nSPS) is 11.9. The summed E-state index contributed by atoms with van der Waals surface area (Å²) in [5.74, 6) is -0.903. The molecule has 0 spiro atoms. The molecule has 0 unspecified atom stereocenters. The lowest BCUT2D eigenvalue weighted by Crippen LogP contribution is -2.08. The van der Waals surface area contributed by atoms with E-state index in [4.69, 9.17) is 34.8 Å². The first-order valence-corrected chi connectivity index (χ1v) is 6.76. The summed E-state index contributed by atoms with van der Waals surface area (Å²) in [5, 5.41) is -1.30. The molecule has 2 aromatic heterocycles. The molecule has 0 aliphatic rings. The highest BCUT2D eigenvalue weighted by molar-refractivity contribution is 7.23. The number of alkyl halides is 3. The number of carbonyl (C=O) groups excluding carboxylic acids is 1. The molecule has 0 N–H and O–H groups in total. The van der Waals surface area contributed by atoms with E-state index >= 15 is 0 Å². The number of pyridine rings is 1. The van der Waals surface area contributed by atoms with Crippen molar-refractivity contribution in [1.29, 1.82) is 0 Å². The van der Waals surface area contributed by atoms with Crippen molar-refractivity contribution in [1.82, 2.24) is 4.98 Å². The number of hydrogen-bond acceptors (Lipinski definition) is 4. The number of ether oxygens (including phenoxy) is 1. The van der Waals surface area contributed by atoms with Gasteiger partial charge in [-0.1, -0.05) is 34.8 Å². The Kier molecular flexibility index (Phi) is 4.07. The van der Waals surface area contributed by atoms with Gasteiger partial charge in [-0.15, -0.1) is 11.3 Å². The van der Waals surface area contributed by atoms with Crippen molar-refractivity contribution in [3.8, 4) is 0 Å². The summed E-state index contributed by atoms with van der Waals surface area (Å²) in [6.45, 7) is 0. The number of carbonyl (C=O) groups is 1. The summed E-state index contributed by atoms with van der Waals surface area (Å²) in [7, 11) is 1.07. The van der Waals surface area contributed by atoms with Crippen molar-refractivity contribution in [3.63, 3.8) is 0 Å². The number of hydrogen-bond donors (Lipinski definition) is 0. The maximum Gasteiger partial charge on any atom is 0.419 e. The van der Waals surface area contributed by atoms with Crippen molar-refractivity contribution in [2.45, 2.75) is 6.18 Å². The third kappa shape index (κ3) is 2.43. The number of nitrogens with zero attached hydrogens (tertiary/aromatic N) is 1. The first-order valence-electron chi connectivity index (χ1n) is 4.81. The Morgan fingerprint density at radius 3 is 2.40 bits per heavy atom. The van der Waals surface area contributed by atoms with E-state index in [0.29, 0.717) is 11.3 Å². The van der Waals surface area contributed by atoms with Crippen LogP contribution in [0.5, 0.6) is 0 Å². The van der Waals surface area contributed by atoms with Crippen molar-refractivity contribution in [2.75, 3.05) is 7.11 Å². The highest BCUT2D eigenvalue weighted by Crippen LogP contribution is 2.47. The maximum absolute atomic E-state index is 13.1. The van der Waals surface area contributed by atoms with Crippen LogP contribution in [0.1, 0.15) is 15.9 Å². The minimum atomic E-state index is -4.76. The Labute approximate surface area is 129 Å². The molecule has 0 saturated heterocycles. The van der Waals surface area contributed by atoms with Crippen LogP contribution in [0.15, 0.2) is 0 Å². The van der Waals surface area contributed by atoms with Gasteiger partial charge in [0, 0.05) is 0 Å². The number of fused-ring (bicyclic) bond motifs is 1. The Morgan fingerprint density at radius 1 is 1.30 bits per heavy atom. The van der Waals surface area contributed by atoms with E-state index in [0.717, 1.165) is 7.11 Å². The van der Waals surface area contributed by atoms with Crippen LogP contribution in [0.2, 0.25) is 14.5 Å².